The Labute approximate surface area is 154 Å². The van der Waals surface area contributed by atoms with Crippen LogP contribution in [0.5, 0.6) is 0 Å². The first kappa shape index (κ1) is 19.1. The Bertz CT molecular complexity index is 615. The van der Waals surface area contributed by atoms with Crippen LogP contribution in [0.15, 0.2) is 0 Å². The van der Waals surface area contributed by atoms with Gasteiger partial charge in [-0.1, -0.05) is 13.8 Å². The minimum absolute atomic E-state index is 0.116. The monoisotopic (exact) mass is 370 g/mol. The highest BCUT2D eigenvalue weighted by molar-refractivity contribution is 5.25. The molecule has 26 heavy (non-hydrogen) atoms. The van der Waals surface area contributed by atoms with Crippen molar-refractivity contribution in [1.82, 2.24) is 0 Å². The van der Waals surface area contributed by atoms with E-state index in [1.165, 1.54) is 0 Å². The molecule has 6 heteroatoms. The summed E-state index contributed by atoms with van der Waals surface area (Å²) >= 11 is 0. The molecule has 4 aliphatic rings. The minimum atomic E-state index is -1.66. The molecular weight excluding hydrogens is 336 g/mol. The number of aliphatic hydroxyl groups is 6. The predicted octanol–water partition coefficient (Wildman–Crippen LogP) is 0.168. The number of aliphatic hydroxyl groups excluding tert-OH is 3. The third-order valence-corrected chi connectivity index (χ3v) is 9.26. The fourth-order valence-electron chi connectivity index (χ4n) is 7.80. The van der Waals surface area contributed by atoms with Crippen LogP contribution in [0.3, 0.4) is 0 Å². The molecule has 0 saturated heterocycles. The van der Waals surface area contributed by atoms with Gasteiger partial charge in [-0.05, 0) is 51.9 Å². The van der Waals surface area contributed by atoms with Gasteiger partial charge in [-0.2, -0.15) is 0 Å². The molecular formula is C20H34O6. The topological polar surface area (TPSA) is 121 Å². The van der Waals surface area contributed by atoms with E-state index in [1.807, 2.05) is 0 Å². The summed E-state index contributed by atoms with van der Waals surface area (Å²) in [7, 11) is 0. The van der Waals surface area contributed by atoms with Crippen molar-refractivity contribution in [3.05, 3.63) is 0 Å². The number of rotatable bonds is 0. The van der Waals surface area contributed by atoms with Crippen LogP contribution in [0.4, 0.5) is 0 Å². The molecule has 10 atom stereocenters. The largest absolute Gasteiger partial charge is 0.392 e. The lowest BCUT2D eigenvalue weighted by Crippen LogP contribution is -2.60. The first-order valence-corrected chi connectivity index (χ1v) is 9.94. The quantitative estimate of drug-likeness (QED) is 0.361. The molecule has 4 aliphatic carbocycles. The predicted molar refractivity (Wildman–Crippen MR) is 94.0 cm³/mol. The molecule has 0 heterocycles. The summed E-state index contributed by atoms with van der Waals surface area (Å²) in [6.07, 6.45) is -1.01. The molecule has 0 aromatic heterocycles. The Hall–Kier alpha value is -0.240. The van der Waals surface area contributed by atoms with E-state index in [0.717, 1.165) is 0 Å². The summed E-state index contributed by atoms with van der Waals surface area (Å²) in [4.78, 5) is 0. The first-order valence-electron chi connectivity index (χ1n) is 9.94. The molecule has 2 bridgehead atoms. The summed E-state index contributed by atoms with van der Waals surface area (Å²) in [5.74, 6) is -1.34. The average molecular weight is 370 g/mol. The number of hydrogen-bond donors (Lipinski definition) is 6. The van der Waals surface area contributed by atoms with Gasteiger partial charge in [0.05, 0.1) is 29.5 Å². The molecule has 0 aromatic rings. The van der Waals surface area contributed by atoms with Crippen molar-refractivity contribution in [3.8, 4) is 0 Å². The Morgan fingerprint density at radius 3 is 2.04 bits per heavy atom. The summed E-state index contributed by atoms with van der Waals surface area (Å²) in [5, 5.41) is 67.1. The molecule has 1 spiro atoms. The smallest absolute Gasteiger partial charge is 0.104 e. The van der Waals surface area contributed by atoms with E-state index in [9.17, 15) is 30.6 Å². The van der Waals surface area contributed by atoms with Gasteiger partial charge < -0.3 is 30.6 Å². The zero-order valence-electron chi connectivity index (χ0n) is 16.2. The van der Waals surface area contributed by atoms with Crippen LogP contribution in [0, 0.1) is 28.6 Å². The van der Waals surface area contributed by atoms with E-state index < -0.39 is 51.9 Å². The lowest BCUT2D eigenvalue weighted by atomic mass is 9.57. The van der Waals surface area contributed by atoms with E-state index >= 15 is 0 Å². The van der Waals surface area contributed by atoms with Gasteiger partial charge >= 0.3 is 0 Å². The van der Waals surface area contributed by atoms with Crippen LogP contribution >= 0.6 is 0 Å². The fraction of sp³-hybridized carbons (Fsp3) is 1.00. The summed E-state index contributed by atoms with van der Waals surface area (Å²) in [5.41, 5.74) is -5.91. The molecule has 6 nitrogen and oxygen atoms in total. The van der Waals surface area contributed by atoms with Crippen molar-refractivity contribution in [3.63, 3.8) is 0 Å². The zero-order valence-corrected chi connectivity index (χ0v) is 16.2. The third-order valence-electron chi connectivity index (χ3n) is 9.26. The van der Waals surface area contributed by atoms with Gasteiger partial charge in [0, 0.05) is 22.7 Å². The highest BCUT2D eigenvalue weighted by Gasteiger charge is 2.76. The van der Waals surface area contributed by atoms with Gasteiger partial charge in [0.15, 0.2) is 0 Å². The Morgan fingerprint density at radius 1 is 0.808 bits per heavy atom. The highest BCUT2D eigenvalue weighted by atomic mass is 16.4. The van der Waals surface area contributed by atoms with Gasteiger partial charge in [0.2, 0.25) is 0 Å². The SMILES string of the molecule is CC1(C)[C@@H](O)C[C@H]2[C@](C)(O)[C@@H]3CC[C@H]4[C@@H](O)[C@@]3(C[C@@H](O)[C@@]21O)C[C@@]4(C)O. The van der Waals surface area contributed by atoms with Gasteiger partial charge in [-0.15, -0.1) is 0 Å². The van der Waals surface area contributed by atoms with Gasteiger partial charge in [-0.3, -0.25) is 0 Å². The maximum Gasteiger partial charge on any atom is 0.104 e. The second-order valence-corrected chi connectivity index (χ2v) is 10.7. The normalized spacial score (nSPS) is 63.9. The lowest BCUT2D eigenvalue weighted by Gasteiger charge is -2.51. The lowest BCUT2D eigenvalue weighted by molar-refractivity contribution is -0.201. The van der Waals surface area contributed by atoms with Crippen LogP contribution < -0.4 is 0 Å². The molecule has 4 saturated carbocycles. The molecule has 0 amide bonds. The Kier molecular flexibility index (Phi) is 3.69. The average Bonchev–Trinajstić information content (AvgIpc) is 2.72. The zero-order chi connectivity index (χ0) is 19.5. The van der Waals surface area contributed by atoms with Crippen LogP contribution in [0.1, 0.15) is 59.8 Å². The van der Waals surface area contributed by atoms with Crippen LogP contribution in [-0.2, 0) is 0 Å². The van der Waals surface area contributed by atoms with Crippen molar-refractivity contribution in [2.45, 2.75) is 94.9 Å². The van der Waals surface area contributed by atoms with E-state index in [-0.39, 0.29) is 24.7 Å². The first-order chi connectivity index (χ1) is 11.7. The van der Waals surface area contributed by atoms with Gasteiger partial charge in [0.1, 0.15) is 5.60 Å². The molecule has 0 aromatic carbocycles. The summed E-state index contributed by atoms with van der Waals surface area (Å²) in [6, 6.07) is 0. The summed E-state index contributed by atoms with van der Waals surface area (Å²) < 4.78 is 0. The van der Waals surface area contributed by atoms with Gasteiger partial charge in [-0.25, -0.2) is 0 Å². The number of hydrogen-bond acceptors (Lipinski definition) is 6. The molecule has 0 unspecified atom stereocenters. The standard InChI is InChI=1S/C20H34O6/c1-16(2)13(21)7-12-18(4,25)11-6-5-10-15(23)19(11,9-17(10,3)24)8-14(22)20(12,16)26/h10-15,21-26H,5-9H2,1-4H3/t10-,11-,12-,13-,14+,15+,17+,18+,19-,20-/m0/s1. The molecule has 4 rings (SSSR count). The second-order valence-electron chi connectivity index (χ2n) is 10.7. The Morgan fingerprint density at radius 2 is 1.42 bits per heavy atom. The van der Waals surface area contributed by atoms with Crippen LogP contribution in [0.25, 0.3) is 0 Å². The van der Waals surface area contributed by atoms with Crippen LogP contribution in [0.2, 0.25) is 0 Å². The van der Waals surface area contributed by atoms with Crippen molar-refractivity contribution in [1.29, 1.82) is 0 Å². The highest BCUT2D eigenvalue weighted by Crippen LogP contribution is 2.69. The molecule has 0 aliphatic heterocycles. The molecule has 150 valence electrons. The molecule has 6 N–H and O–H groups in total. The second kappa shape index (κ2) is 5.02. The van der Waals surface area contributed by atoms with Crippen molar-refractivity contribution >= 4 is 0 Å². The van der Waals surface area contributed by atoms with E-state index in [4.69, 9.17) is 0 Å². The van der Waals surface area contributed by atoms with Crippen molar-refractivity contribution in [2.24, 2.45) is 28.6 Å². The van der Waals surface area contributed by atoms with Crippen molar-refractivity contribution < 1.29 is 30.6 Å². The minimum Gasteiger partial charge on any atom is -0.392 e. The Balaban J connectivity index is 1.89. The molecule has 0 radical (unpaired) electrons. The summed E-state index contributed by atoms with van der Waals surface area (Å²) in [6.45, 7) is 6.87. The maximum atomic E-state index is 11.7. The third kappa shape index (κ3) is 1.89. The molecule has 4 fully saturated rings. The van der Waals surface area contributed by atoms with Crippen molar-refractivity contribution in [2.75, 3.05) is 0 Å². The maximum absolute atomic E-state index is 11.7. The van der Waals surface area contributed by atoms with Gasteiger partial charge in [0.25, 0.3) is 0 Å². The van der Waals surface area contributed by atoms with E-state index in [1.54, 1.807) is 27.7 Å². The fourth-order valence-corrected chi connectivity index (χ4v) is 7.80. The van der Waals surface area contributed by atoms with E-state index in [2.05, 4.69) is 0 Å². The number of fused-ring (bicyclic) bond motifs is 2. The van der Waals surface area contributed by atoms with E-state index in [0.29, 0.717) is 19.3 Å². The van der Waals surface area contributed by atoms with Crippen LogP contribution in [-0.4, -0.2) is 65.8 Å².